The summed E-state index contributed by atoms with van der Waals surface area (Å²) in [4.78, 5) is 8.00. The Morgan fingerprint density at radius 1 is 1.30 bits per heavy atom. The van der Waals surface area contributed by atoms with E-state index in [0.717, 1.165) is 5.57 Å². The maximum atomic E-state index is 8.00. The normalized spacial score (nSPS) is 9.20. The molecule has 0 aliphatic rings. The van der Waals surface area contributed by atoms with Crippen molar-refractivity contribution in [1.29, 1.82) is 0 Å². The van der Waals surface area contributed by atoms with Crippen molar-refractivity contribution in [3.63, 3.8) is 0 Å². The average molecular weight is 138 g/mol. The molecule has 0 amide bonds. The number of hydrogen-bond donors (Lipinski definition) is 0. The fourth-order valence-electron chi connectivity index (χ4n) is 0.319. The van der Waals surface area contributed by atoms with Gasteiger partial charge in [0.2, 0.25) is 0 Å². The Balaban J connectivity index is 0. The highest BCUT2D eigenvalue weighted by atomic mass is 16.1. The zero-order valence-corrected chi connectivity index (χ0v) is 6.68. The minimum absolute atomic E-state index is 1.10. The van der Waals surface area contributed by atoms with Crippen LogP contribution in [0.4, 0.5) is 0 Å². The lowest BCUT2D eigenvalue weighted by molar-refractivity contribution is -0.0979. The Labute approximate surface area is 62.8 Å². The lowest BCUT2D eigenvalue weighted by atomic mass is 10.1. The third kappa shape index (κ3) is 6.89. The number of hydrogen-bond acceptors (Lipinski definition) is 1. The van der Waals surface area contributed by atoms with Crippen molar-refractivity contribution in [3.8, 4) is 0 Å². The summed E-state index contributed by atoms with van der Waals surface area (Å²) in [5.74, 6) is 0. The van der Waals surface area contributed by atoms with Gasteiger partial charge in [0.1, 0.15) is 6.79 Å². The highest BCUT2D eigenvalue weighted by molar-refractivity contribution is 5.26. The maximum absolute atomic E-state index is 8.00. The molecule has 0 rings (SSSR count). The molecule has 0 saturated carbocycles. The van der Waals surface area contributed by atoms with E-state index in [1.165, 1.54) is 5.57 Å². The quantitative estimate of drug-likeness (QED) is 0.536. The SMILES string of the molecule is C=C/C=C(/C)C(=C)C.C=O. The van der Waals surface area contributed by atoms with E-state index in [2.05, 4.69) is 13.2 Å². The van der Waals surface area contributed by atoms with Crippen molar-refractivity contribution in [3.05, 3.63) is 36.5 Å². The molecule has 0 atom stereocenters. The van der Waals surface area contributed by atoms with E-state index >= 15 is 0 Å². The second-order valence-corrected chi connectivity index (χ2v) is 1.87. The number of rotatable bonds is 2. The molecule has 0 radical (unpaired) electrons. The average Bonchev–Trinajstić information content (AvgIpc) is 1.93. The van der Waals surface area contributed by atoms with Gasteiger partial charge in [0.05, 0.1) is 0 Å². The molecule has 0 spiro atoms. The minimum Gasteiger partial charge on any atom is -0.307 e. The van der Waals surface area contributed by atoms with Crippen molar-refractivity contribution in [1.82, 2.24) is 0 Å². The molecular weight excluding hydrogens is 124 g/mol. The highest BCUT2D eigenvalue weighted by Crippen LogP contribution is 2.03. The summed E-state index contributed by atoms with van der Waals surface area (Å²) in [6.07, 6.45) is 3.71. The van der Waals surface area contributed by atoms with Crippen LogP contribution < -0.4 is 0 Å². The van der Waals surface area contributed by atoms with Crippen LogP contribution in [0.25, 0.3) is 0 Å². The van der Waals surface area contributed by atoms with Crippen LogP contribution in [0.2, 0.25) is 0 Å². The van der Waals surface area contributed by atoms with Crippen LogP contribution in [-0.4, -0.2) is 6.79 Å². The standard InChI is InChI=1S/C8H12.CH2O/c1-5-6-8(4)7(2)3;1-2/h5-6H,1-2H2,3-4H3;1H2/b8-6-;. The van der Waals surface area contributed by atoms with E-state index in [9.17, 15) is 0 Å². The van der Waals surface area contributed by atoms with E-state index < -0.39 is 0 Å². The first-order chi connectivity index (χ1) is 4.68. The fourth-order valence-corrected chi connectivity index (χ4v) is 0.319. The minimum atomic E-state index is 1.10. The second-order valence-electron chi connectivity index (χ2n) is 1.87. The molecule has 0 unspecified atom stereocenters. The predicted molar refractivity (Wildman–Crippen MR) is 45.9 cm³/mol. The first-order valence-corrected chi connectivity index (χ1v) is 2.92. The fraction of sp³-hybridized carbons (Fsp3) is 0.222. The van der Waals surface area contributed by atoms with Gasteiger partial charge >= 0.3 is 0 Å². The largest absolute Gasteiger partial charge is 0.307 e. The molecule has 0 aromatic heterocycles. The van der Waals surface area contributed by atoms with Gasteiger partial charge in [-0.15, -0.1) is 0 Å². The monoisotopic (exact) mass is 138 g/mol. The van der Waals surface area contributed by atoms with Crippen molar-refractivity contribution < 1.29 is 4.79 Å². The number of carbonyl (C=O) groups is 1. The van der Waals surface area contributed by atoms with Crippen LogP contribution in [-0.2, 0) is 4.79 Å². The molecule has 1 nitrogen and oxygen atoms in total. The van der Waals surface area contributed by atoms with Crippen LogP contribution >= 0.6 is 0 Å². The summed E-state index contributed by atoms with van der Waals surface area (Å²) in [5.41, 5.74) is 2.30. The van der Waals surface area contributed by atoms with Crippen molar-refractivity contribution in [2.75, 3.05) is 0 Å². The molecule has 0 saturated heterocycles. The Hall–Kier alpha value is -1.11. The smallest absolute Gasteiger partial charge is 0.106 e. The van der Waals surface area contributed by atoms with Gasteiger partial charge in [0, 0.05) is 0 Å². The maximum Gasteiger partial charge on any atom is 0.106 e. The number of carbonyl (C=O) groups excluding carboxylic acids is 1. The van der Waals surface area contributed by atoms with Crippen molar-refractivity contribution in [2.45, 2.75) is 13.8 Å². The van der Waals surface area contributed by atoms with Crippen molar-refractivity contribution >= 4 is 6.79 Å². The molecule has 0 aromatic carbocycles. The first kappa shape index (κ1) is 11.7. The van der Waals surface area contributed by atoms with Crippen LogP contribution in [0.5, 0.6) is 0 Å². The molecule has 0 aliphatic heterocycles. The summed E-state index contributed by atoms with van der Waals surface area (Å²) in [6, 6.07) is 0. The molecule has 0 bridgehead atoms. The molecule has 0 heterocycles. The Bertz CT molecular complexity index is 143. The molecular formula is C9H14O. The summed E-state index contributed by atoms with van der Waals surface area (Å²) in [7, 11) is 0. The summed E-state index contributed by atoms with van der Waals surface area (Å²) in [6.45, 7) is 13.3. The van der Waals surface area contributed by atoms with E-state index in [-0.39, 0.29) is 0 Å². The Morgan fingerprint density at radius 2 is 1.70 bits per heavy atom. The third-order valence-electron chi connectivity index (χ3n) is 1.04. The van der Waals surface area contributed by atoms with Gasteiger partial charge in [0.25, 0.3) is 0 Å². The van der Waals surface area contributed by atoms with E-state index in [4.69, 9.17) is 4.79 Å². The molecule has 0 N–H and O–H groups in total. The van der Waals surface area contributed by atoms with Crippen LogP contribution in [0.3, 0.4) is 0 Å². The lowest BCUT2D eigenvalue weighted by Gasteiger charge is -1.92. The van der Waals surface area contributed by atoms with Crippen molar-refractivity contribution in [2.24, 2.45) is 0 Å². The molecule has 0 aromatic rings. The van der Waals surface area contributed by atoms with Crippen LogP contribution in [0.1, 0.15) is 13.8 Å². The van der Waals surface area contributed by atoms with Crippen LogP contribution in [0.15, 0.2) is 36.5 Å². The van der Waals surface area contributed by atoms with Gasteiger partial charge in [-0.25, -0.2) is 0 Å². The summed E-state index contributed by atoms with van der Waals surface area (Å²) in [5, 5.41) is 0. The third-order valence-corrected chi connectivity index (χ3v) is 1.04. The van der Waals surface area contributed by atoms with Gasteiger partial charge in [-0.05, 0) is 19.4 Å². The molecule has 10 heavy (non-hydrogen) atoms. The molecule has 0 fully saturated rings. The van der Waals surface area contributed by atoms with Gasteiger partial charge in [-0.1, -0.05) is 30.9 Å². The van der Waals surface area contributed by atoms with E-state index in [1.54, 1.807) is 6.08 Å². The van der Waals surface area contributed by atoms with Crippen LogP contribution in [0, 0.1) is 0 Å². The van der Waals surface area contributed by atoms with E-state index in [0.29, 0.717) is 0 Å². The zero-order chi connectivity index (χ0) is 8.57. The Kier molecular flexibility index (Phi) is 9.20. The summed E-state index contributed by atoms with van der Waals surface area (Å²) < 4.78 is 0. The van der Waals surface area contributed by atoms with Gasteiger partial charge in [-0.2, -0.15) is 0 Å². The van der Waals surface area contributed by atoms with Gasteiger partial charge in [0.15, 0.2) is 0 Å². The highest BCUT2D eigenvalue weighted by Gasteiger charge is 1.82. The van der Waals surface area contributed by atoms with E-state index in [1.807, 2.05) is 26.7 Å². The topological polar surface area (TPSA) is 17.1 Å². The molecule has 56 valence electrons. The molecule has 0 aliphatic carbocycles. The first-order valence-electron chi connectivity index (χ1n) is 2.92. The molecule has 1 heteroatoms. The Morgan fingerprint density at radius 3 is 1.80 bits per heavy atom. The predicted octanol–water partition coefficient (Wildman–Crippen LogP) is 2.51. The number of allylic oxidation sites excluding steroid dienone is 4. The second kappa shape index (κ2) is 7.89. The van der Waals surface area contributed by atoms with Gasteiger partial charge < -0.3 is 4.79 Å². The zero-order valence-electron chi connectivity index (χ0n) is 6.68. The summed E-state index contributed by atoms with van der Waals surface area (Å²) >= 11 is 0. The lowest BCUT2D eigenvalue weighted by Crippen LogP contribution is -1.72. The van der Waals surface area contributed by atoms with Gasteiger partial charge in [-0.3, -0.25) is 0 Å².